The minimum absolute atomic E-state index is 0.772. The smallest absolute Gasteiger partial charge is 0.134 e. The summed E-state index contributed by atoms with van der Waals surface area (Å²) in [5.74, 6) is 3.86. The number of rotatable bonds is 2. The molecule has 4 aliphatic heterocycles. The third-order valence-corrected chi connectivity index (χ3v) is 7.98. The lowest BCUT2D eigenvalue weighted by Gasteiger charge is -2.47. The van der Waals surface area contributed by atoms with Crippen molar-refractivity contribution in [2.45, 2.75) is 50.6 Å². The van der Waals surface area contributed by atoms with Gasteiger partial charge in [0.25, 0.3) is 0 Å². The molecule has 5 rings (SSSR count). The number of hydrogen-bond donors (Lipinski definition) is 0. The van der Waals surface area contributed by atoms with Crippen LogP contribution in [-0.4, -0.2) is 85.2 Å². The number of anilines is 2. The topological polar surface area (TPSA) is 38.7 Å². The summed E-state index contributed by atoms with van der Waals surface area (Å²) in [6.07, 6.45) is 9.73. The van der Waals surface area contributed by atoms with Gasteiger partial charge in [0.15, 0.2) is 0 Å². The Labute approximate surface area is 169 Å². The molecule has 0 radical (unpaired) electrons. The number of aromatic nitrogens is 2. The Bertz CT molecular complexity index is 627. The van der Waals surface area contributed by atoms with Crippen LogP contribution in [0.5, 0.6) is 0 Å². The van der Waals surface area contributed by atoms with Gasteiger partial charge < -0.3 is 19.6 Å². The largest absolute Gasteiger partial charge is 0.356 e. The maximum absolute atomic E-state index is 4.67. The summed E-state index contributed by atoms with van der Waals surface area (Å²) >= 11 is 0. The molecule has 4 atom stereocenters. The van der Waals surface area contributed by atoms with Gasteiger partial charge in [0.2, 0.25) is 0 Å². The van der Waals surface area contributed by atoms with Crippen LogP contribution in [0.4, 0.5) is 11.6 Å². The maximum atomic E-state index is 4.67. The summed E-state index contributed by atoms with van der Waals surface area (Å²) in [6.45, 7) is 7.09. The highest BCUT2D eigenvalue weighted by Crippen LogP contribution is 2.34. The van der Waals surface area contributed by atoms with E-state index in [1.165, 1.54) is 51.6 Å². The summed E-state index contributed by atoms with van der Waals surface area (Å²) in [7, 11) is 4.61. The minimum Gasteiger partial charge on any atom is -0.356 e. The van der Waals surface area contributed by atoms with Crippen molar-refractivity contribution in [2.75, 3.05) is 63.2 Å². The highest BCUT2D eigenvalue weighted by molar-refractivity contribution is 5.51. The van der Waals surface area contributed by atoms with Crippen LogP contribution in [-0.2, 0) is 0 Å². The minimum atomic E-state index is 0.772. The van der Waals surface area contributed by atoms with Crippen LogP contribution >= 0.6 is 0 Å². The molecule has 4 fully saturated rings. The standard InChI is InChI=1S/C22H36N6/c1-25-9-3-5-17-14-27(11-7-19(17)25)21-13-22(24-16-23-21)28-12-8-20-18(15-28)6-4-10-26(20)2/h13,16-20H,3-12,14-15H2,1-2H3. The van der Waals surface area contributed by atoms with Crippen molar-refractivity contribution >= 4 is 11.6 Å². The lowest BCUT2D eigenvalue weighted by Crippen LogP contribution is -2.53. The van der Waals surface area contributed by atoms with E-state index in [1.807, 2.05) is 0 Å². The number of hydrogen-bond acceptors (Lipinski definition) is 6. The molecular formula is C22H36N6. The third kappa shape index (κ3) is 3.50. The number of likely N-dealkylation sites (tertiary alicyclic amines) is 2. The van der Waals surface area contributed by atoms with Crippen LogP contribution in [0.25, 0.3) is 0 Å². The molecule has 4 saturated heterocycles. The molecule has 6 heteroatoms. The fourth-order valence-electron chi connectivity index (χ4n) is 6.40. The van der Waals surface area contributed by atoms with E-state index in [4.69, 9.17) is 0 Å². The Morgan fingerprint density at radius 3 is 1.71 bits per heavy atom. The molecule has 4 unspecified atom stereocenters. The molecule has 1 aromatic rings. The lowest BCUT2D eigenvalue weighted by atomic mass is 9.84. The number of nitrogens with zero attached hydrogens (tertiary/aromatic N) is 6. The zero-order valence-electron chi connectivity index (χ0n) is 17.6. The second-order valence-electron chi connectivity index (χ2n) is 9.60. The summed E-state index contributed by atoms with van der Waals surface area (Å²) in [4.78, 5) is 19.6. The monoisotopic (exact) mass is 384 g/mol. The molecule has 4 aliphatic rings. The van der Waals surface area contributed by atoms with E-state index in [9.17, 15) is 0 Å². The van der Waals surface area contributed by atoms with Crippen molar-refractivity contribution in [1.82, 2.24) is 19.8 Å². The van der Waals surface area contributed by atoms with Gasteiger partial charge in [0.1, 0.15) is 18.0 Å². The van der Waals surface area contributed by atoms with Gasteiger partial charge in [0.05, 0.1) is 0 Å². The fraction of sp³-hybridized carbons (Fsp3) is 0.818. The fourth-order valence-corrected chi connectivity index (χ4v) is 6.40. The Balaban J connectivity index is 1.28. The van der Waals surface area contributed by atoms with Gasteiger partial charge in [0, 0.05) is 44.3 Å². The Morgan fingerprint density at radius 1 is 0.714 bits per heavy atom. The predicted octanol–water partition coefficient (Wildman–Crippen LogP) is 2.32. The lowest BCUT2D eigenvalue weighted by molar-refractivity contribution is 0.102. The van der Waals surface area contributed by atoms with E-state index >= 15 is 0 Å². The number of piperidine rings is 4. The molecule has 1 aromatic heterocycles. The molecule has 6 nitrogen and oxygen atoms in total. The van der Waals surface area contributed by atoms with Crippen LogP contribution in [0.3, 0.4) is 0 Å². The molecule has 0 aliphatic carbocycles. The second kappa shape index (κ2) is 7.79. The summed E-state index contributed by atoms with van der Waals surface area (Å²) < 4.78 is 0. The van der Waals surface area contributed by atoms with Gasteiger partial charge in [-0.05, 0) is 77.5 Å². The van der Waals surface area contributed by atoms with Gasteiger partial charge in [-0.2, -0.15) is 0 Å². The molecule has 0 saturated carbocycles. The SMILES string of the molecule is CN1CCCC2CN(c3cc(N4CCC5C(CCCN5C)C4)ncn3)CCC21. The first kappa shape index (κ1) is 18.6. The van der Waals surface area contributed by atoms with Gasteiger partial charge in [-0.3, -0.25) is 0 Å². The zero-order chi connectivity index (χ0) is 19.1. The van der Waals surface area contributed by atoms with Gasteiger partial charge in [-0.15, -0.1) is 0 Å². The van der Waals surface area contributed by atoms with Crippen molar-refractivity contribution < 1.29 is 0 Å². The summed E-state index contributed by atoms with van der Waals surface area (Å²) in [5, 5.41) is 0. The Kier molecular flexibility index (Phi) is 5.18. The van der Waals surface area contributed by atoms with Crippen molar-refractivity contribution in [3.63, 3.8) is 0 Å². The first-order valence-electron chi connectivity index (χ1n) is 11.4. The van der Waals surface area contributed by atoms with E-state index in [0.717, 1.165) is 61.7 Å². The Hall–Kier alpha value is -1.40. The highest BCUT2D eigenvalue weighted by Gasteiger charge is 2.36. The molecule has 0 N–H and O–H groups in total. The average molecular weight is 385 g/mol. The van der Waals surface area contributed by atoms with Crippen molar-refractivity contribution in [1.29, 1.82) is 0 Å². The van der Waals surface area contributed by atoms with E-state index in [1.54, 1.807) is 6.33 Å². The van der Waals surface area contributed by atoms with Gasteiger partial charge in [-0.25, -0.2) is 9.97 Å². The third-order valence-electron chi connectivity index (χ3n) is 7.98. The maximum Gasteiger partial charge on any atom is 0.134 e. The molecule has 0 amide bonds. The van der Waals surface area contributed by atoms with E-state index in [-0.39, 0.29) is 0 Å². The van der Waals surface area contributed by atoms with E-state index in [2.05, 4.69) is 49.7 Å². The van der Waals surface area contributed by atoms with Crippen LogP contribution in [0.15, 0.2) is 12.4 Å². The van der Waals surface area contributed by atoms with Crippen molar-refractivity contribution in [3.8, 4) is 0 Å². The van der Waals surface area contributed by atoms with Crippen molar-refractivity contribution in [3.05, 3.63) is 12.4 Å². The molecule has 28 heavy (non-hydrogen) atoms. The first-order valence-corrected chi connectivity index (χ1v) is 11.4. The van der Waals surface area contributed by atoms with Crippen LogP contribution in [0.1, 0.15) is 38.5 Å². The molecule has 154 valence electrons. The van der Waals surface area contributed by atoms with Crippen LogP contribution < -0.4 is 9.80 Å². The van der Waals surface area contributed by atoms with Gasteiger partial charge in [-0.1, -0.05) is 0 Å². The summed E-state index contributed by atoms with van der Waals surface area (Å²) in [6, 6.07) is 3.81. The second-order valence-corrected chi connectivity index (χ2v) is 9.60. The Morgan fingerprint density at radius 2 is 1.21 bits per heavy atom. The normalized spacial score (nSPS) is 34.8. The van der Waals surface area contributed by atoms with Crippen LogP contribution in [0, 0.1) is 11.8 Å². The van der Waals surface area contributed by atoms with Crippen molar-refractivity contribution in [2.24, 2.45) is 11.8 Å². The van der Waals surface area contributed by atoms with Crippen LogP contribution in [0.2, 0.25) is 0 Å². The quantitative estimate of drug-likeness (QED) is 0.779. The van der Waals surface area contributed by atoms with E-state index < -0.39 is 0 Å². The number of fused-ring (bicyclic) bond motifs is 2. The van der Waals surface area contributed by atoms with Gasteiger partial charge >= 0.3 is 0 Å². The molecule has 0 aromatic carbocycles. The molecule has 0 spiro atoms. The predicted molar refractivity (Wildman–Crippen MR) is 114 cm³/mol. The highest BCUT2D eigenvalue weighted by atomic mass is 15.3. The van der Waals surface area contributed by atoms with E-state index in [0.29, 0.717) is 0 Å². The summed E-state index contributed by atoms with van der Waals surface area (Å²) in [5.41, 5.74) is 0. The molecule has 5 heterocycles. The molecule has 0 bridgehead atoms. The average Bonchev–Trinajstić information content (AvgIpc) is 2.74. The first-order chi connectivity index (χ1) is 13.7. The zero-order valence-corrected chi connectivity index (χ0v) is 17.6. The molecular weight excluding hydrogens is 348 g/mol.